The van der Waals surface area contributed by atoms with Gasteiger partial charge >= 0.3 is 0 Å². The molecule has 0 N–H and O–H groups in total. The van der Waals surface area contributed by atoms with Crippen LogP contribution in [0.2, 0.25) is 5.02 Å². The lowest BCUT2D eigenvalue weighted by atomic mass is 9.99. The van der Waals surface area contributed by atoms with E-state index >= 15 is 0 Å². The van der Waals surface area contributed by atoms with Gasteiger partial charge in [-0.25, -0.2) is 0 Å². The predicted molar refractivity (Wildman–Crippen MR) is 68.1 cm³/mol. The molecule has 17 heavy (non-hydrogen) atoms. The molecule has 90 valence electrons. The standard InChI is InChI=1S/C14H16ClNO/c15-12-6-4-7-13(9-12)17-14-8-3-1-2-5-11(14)10-16/h4,6-7,9,11,14H,1-3,5,8H2. The van der Waals surface area contributed by atoms with Crippen LogP contribution in [0.15, 0.2) is 24.3 Å². The zero-order chi connectivity index (χ0) is 12.1. The van der Waals surface area contributed by atoms with Gasteiger partial charge in [-0.05, 0) is 37.5 Å². The Morgan fingerprint density at radius 2 is 2.06 bits per heavy atom. The number of hydrogen-bond acceptors (Lipinski definition) is 2. The molecular weight excluding hydrogens is 234 g/mol. The summed E-state index contributed by atoms with van der Waals surface area (Å²) < 4.78 is 5.91. The quantitative estimate of drug-likeness (QED) is 0.737. The summed E-state index contributed by atoms with van der Waals surface area (Å²) in [5.74, 6) is 0.779. The summed E-state index contributed by atoms with van der Waals surface area (Å²) in [6.45, 7) is 0. The third-order valence-corrected chi connectivity index (χ3v) is 3.44. The fourth-order valence-electron chi connectivity index (χ4n) is 2.28. The summed E-state index contributed by atoms with van der Waals surface area (Å²) in [4.78, 5) is 0. The van der Waals surface area contributed by atoms with Crippen molar-refractivity contribution >= 4 is 11.6 Å². The molecule has 0 amide bonds. The van der Waals surface area contributed by atoms with Crippen LogP contribution in [0.25, 0.3) is 0 Å². The topological polar surface area (TPSA) is 33.0 Å². The van der Waals surface area contributed by atoms with E-state index in [1.165, 1.54) is 6.42 Å². The second-order valence-electron chi connectivity index (χ2n) is 4.49. The first-order valence-electron chi connectivity index (χ1n) is 6.11. The van der Waals surface area contributed by atoms with Crippen molar-refractivity contribution in [1.82, 2.24) is 0 Å². The SMILES string of the molecule is N#CC1CCCCCC1Oc1cccc(Cl)c1. The lowest BCUT2D eigenvalue weighted by molar-refractivity contribution is 0.152. The van der Waals surface area contributed by atoms with Crippen LogP contribution in [0.5, 0.6) is 5.75 Å². The van der Waals surface area contributed by atoms with E-state index in [-0.39, 0.29) is 12.0 Å². The largest absolute Gasteiger partial charge is 0.489 e. The molecule has 2 unspecified atom stereocenters. The molecule has 0 heterocycles. The van der Waals surface area contributed by atoms with Crippen molar-refractivity contribution in [2.45, 2.75) is 38.2 Å². The third kappa shape index (κ3) is 3.38. The predicted octanol–water partition coefficient (Wildman–Crippen LogP) is 4.19. The van der Waals surface area contributed by atoms with Crippen molar-refractivity contribution in [3.63, 3.8) is 0 Å². The summed E-state index contributed by atoms with van der Waals surface area (Å²) >= 11 is 5.92. The Bertz CT molecular complexity index is 413. The highest BCUT2D eigenvalue weighted by molar-refractivity contribution is 6.30. The van der Waals surface area contributed by atoms with Crippen LogP contribution in [0, 0.1) is 17.2 Å². The molecule has 2 nitrogen and oxygen atoms in total. The second kappa shape index (κ2) is 5.93. The third-order valence-electron chi connectivity index (χ3n) is 3.20. The van der Waals surface area contributed by atoms with Crippen LogP contribution in [0.3, 0.4) is 0 Å². The van der Waals surface area contributed by atoms with Crippen LogP contribution in [-0.2, 0) is 0 Å². The summed E-state index contributed by atoms with van der Waals surface area (Å²) in [7, 11) is 0. The number of nitrogens with zero attached hydrogens (tertiary/aromatic N) is 1. The van der Waals surface area contributed by atoms with E-state index in [1.807, 2.05) is 18.2 Å². The van der Waals surface area contributed by atoms with Crippen LogP contribution >= 0.6 is 11.6 Å². The Hall–Kier alpha value is -1.20. The molecule has 1 fully saturated rings. The molecular formula is C14H16ClNO. The number of rotatable bonds is 2. The first-order valence-corrected chi connectivity index (χ1v) is 6.49. The fraction of sp³-hybridized carbons (Fsp3) is 0.500. The number of ether oxygens (including phenoxy) is 1. The van der Waals surface area contributed by atoms with Crippen molar-refractivity contribution in [3.05, 3.63) is 29.3 Å². The van der Waals surface area contributed by atoms with Crippen molar-refractivity contribution in [3.8, 4) is 11.8 Å². The van der Waals surface area contributed by atoms with Gasteiger partial charge < -0.3 is 4.74 Å². The average molecular weight is 250 g/mol. The molecule has 1 aliphatic carbocycles. The molecule has 1 aliphatic rings. The van der Waals surface area contributed by atoms with Gasteiger partial charge in [-0.3, -0.25) is 0 Å². The molecule has 0 spiro atoms. The molecule has 1 aromatic rings. The maximum absolute atomic E-state index is 9.16. The number of hydrogen-bond donors (Lipinski definition) is 0. The molecule has 0 aliphatic heterocycles. The highest BCUT2D eigenvalue weighted by atomic mass is 35.5. The molecule has 2 atom stereocenters. The van der Waals surface area contributed by atoms with Gasteiger partial charge in [0.15, 0.2) is 0 Å². The lowest BCUT2D eigenvalue weighted by Gasteiger charge is -2.21. The molecule has 0 saturated heterocycles. The van der Waals surface area contributed by atoms with Gasteiger partial charge in [0.1, 0.15) is 11.9 Å². The maximum Gasteiger partial charge on any atom is 0.121 e. The van der Waals surface area contributed by atoms with Gasteiger partial charge in [0.2, 0.25) is 0 Å². The Morgan fingerprint density at radius 3 is 2.82 bits per heavy atom. The van der Waals surface area contributed by atoms with Crippen molar-refractivity contribution < 1.29 is 4.74 Å². The van der Waals surface area contributed by atoms with Gasteiger partial charge in [0.05, 0.1) is 12.0 Å². The van der Waals surface area contributed by atoms with Gasteiger partial charge in [0, 0.05) is 5.02 Å². The van der Waals surface area contributed by atoms with Crippen molar-refractivity contribution in [2.24, 2.45) is 5.92 Å². The van der Waals surface area contributed by atoms with Gasteiger partial charge in [-0.1, -0.05) is 30.5 Å². The minimum Gasteiger partial charge on any atom is -0.489 e. The van der Waals surface area contributed by atoms with E-state index in [0.717, 1.165) is 31.4 Å². The lowest BCUT2D eigenvalue weighted by Crippen LogP contribution is -2.24. The summed E-state index contributed by atoms with van der Waals surface area (Å²) in [6.07, 6.45) is 5.40. The molecule has 0 aromatic heterocycles. The van der Waals surface area contributed by atoms with Gasteiger partial charge in [-0.2, -0.15) is 5.26 Å². The first-order chi connectivity index (χ1) is 8.29. The number of nitriles is 1. The second-order valence-corrected chi connectivity index (χ2v) is 4.92. The van der Waals surface area contributed by atoms with E-state index in [1.54, 1.807) is 6.07 Å². The highest BCUT2D eigenvalue weighted by Gasteiger charge is 2.25. The smallest absolute Gasteiger partial charge is 0.121 e. The molecule has 2 rings (SSSR count). The molecule has 0 bridgehead atoms. The van der Waals surface area contributed by atoms with E-state index in [2.05, 4.69) is 6.07 Å². The Kier molecular flexibility index (Phi) is 4.28. The van der Waals surface area contributed by atoms with E-state index in [9.17, 15) is 0 Å². The van der Waals surface area contributed by atoms with E-state index in [4.69, 9.17) is 21.6 Å². The van der Waals surface area contributed by atoms with E-state index < -0.39 is 0 Å². The number of halogens is 1. The Labute approximate surface area is 107 Å². The Morgan fingerprint density at radius 1 is 1.24 bits per heavy atom. The summed E-state index contributed by atoms with van der Waals surface area (Å²) in [6, 6.07) is 9.76. The van der Waals surface area contributed by atoms with Crippen molar-refractivity contribution in [1.29, 1.82) is 5.26 Å². The minimum absolute atomic E-state index is 0.0106. The van der Waals surface area contributed by atoms with Crippen LogP contribution in [0.4, 0.5) is 0 Å². The Balaban J connectivity index is 2.07. The minimum atomic E-state index is 0.0106. The van der Waals surface area contributed by atoms with E-state index in [0.29, 0.717) is 5.02 Å². The van der Waals surface area contributed by atoms with Gasteiger partial charge in [0.25, 0.3) is 0 Å². The summed E-state index contributed by atoms with van der Waals surface area (Å²) in [5, 5.41) is 9.83. The van der Waals surface area contributed by atoms with Gasteiger partial charge in [-0.15, -0.1) is 0 Å². The average Bonchev–Trinajstić information content (AvgIpc) is 2.54. The maximum atomic E-state index is 9.16. The van der Waals surface area contributed by atoms with Crippen LogP contribution in [-0.4, -0.2) is 6.10 Å². The monoisotopic (exact) mass is 249 g/mol. The normalized spacial score (nSPS) is 24.7. The molecule has 1 aromatic carbocycles. The molecule has 0 radical (unpaired) electrons. The summed E-state index contributed by atoms with van der Waals surface area (Å²) in [5.41, 5.74) is 0. The zero-order valence-corrected chi connectivity index (χ0v) is 10.5. The highest BCUT2D eigenvalue weighted by Crippen LogP contribution is 2.28. The molecule has 3 heteroatoms. The fourth-order valence-corrected chi connectivity index (χ4v) is 2.46. The zero-order valence-electron chi connectivity index (χ0n) is 9.73. The van der Waals surface area contributed by atoms with Crippen molar-refractivity contribution in [2.75, 3.05) is 0 Å². The van der Waals surface area contributed by atoms with Crippen LogP contribution in [0.1, 0.15) is 32.1 Å². The number of benzene rings is 1. The van der Waals surface area contributed by atoms with Crippen LogP contribution < -0.4 is 4.74 Å². The molecule has 1 saturated carbocycles. The first kappa shape index (κ1) is 12.3.